The van der Waals surface area contributed by atoms with Crippen LogP contribution in [-0.4, -0.2) is 26.6 Å². The number of rotatable bonds is 3. The van der Waals surface area contributed by atoms with Crippen LogP contribution in [0, 0.1) is 0 Å². The predicted molar refractivity (Wildman–Crippen MR) is 96.2 cm³/mol. The molecule has 5 nitrogen and oxygen atoms in total. The fourth-order valence-corrected chi connectivity index (χ4v) is 4.36. The Hall–Kier alpha value is -2.05. The van der Waals surface area contributed by atoms with Crippen LogP contribution in [0.3, 0.4) is 0 Å². The minimum Gasteiger partial charge on any atom is -0.322 e. The van der Waals surface area contributed by atoms with Gasteiger partial charge in [-0.25, -0.2) is 8.42 Å². The number of halogens is 1. The summed E-state index contributed by atoms with van der Waals surface area (Å²) in [6.07, 6.45) is 1.54. The maximum absolute atomic E-state index is 12.2. The molecule has 3 rings (SSSR count). The lowest BCUT2D eigenvalue weighted by Crippen LogP contribution is -2.37. The average molecular weight is 365 g/mol. The summed E-state index contributed by atoms with van der Waals surface area (Å²) in [5.74, 6) is -0.0865. The van der Waals surface area contributed by atoms with Gasteiger partial charge in [-0.3, -0.25) is 9.10 Å². The number of nitrogens with zero attached hydrogens (tertiary/aromatic N) is 1. The first kappa shape index (κ1) is 16.8. The van der Waals surface area contributed by atoms with E-state index in [-0.39, 0.29) is 11.7 Å². The van der Waals surface area contributed by atoms with Crippen molar-refractivity contribution in [3.63, 3.8) is 0 Å². The summed E-state index contributed by atoms with van der Waals surface area (Å²) < 4.78 is 25.6. The summed E-state index contributed by atoms with van der Waals surface area (Å²) in [7, 11) is -3.24. The molecule has 7 heteroatoms. The molecule has 1 amide bonds. The molecule has 0 atom stereocenters. The lowest BCUT2D eigenvalue weighted by Gasteiger charge is -2.28. The first-order chi connectivity index (χ1) is 11.5. The highest BCUT2D eigenvalue weighted by Gasteiger charge is 2.25. The van der Waals surface area contributed by atoms with E-state index in [2.05, 4.69) is 5.32 Å². The Morgan fingerprint density at radius 3 is 2.29 bits per heavy atom. The highest BCUT2D eigenvalue weighted by molar-refractivity contribution is 7.92. The van der Waals surface area contributed by atoms with E-state index < -0.39 is 10.0 Å². The van der Waals surface area contributed by atoms with Crippen LogP contribution in [-0.2, 0) is 10.0 Å². The summed E-state index contributed by atoms with van der Waals surface area (Å²) >= 11 is 5.81. The summed E-state index contributed by atoms with van der Waals surface area (Å²) in [5.41, 5.74) is 1.70. The number of carbonyl (C=O) groups excluding carboxylic acids is 1. The number of hydrogen-bond acceptors (Lipinski definition) is 3. The first-order valence-electron chi connectivity index (χ1n) is 7.63. The van der Waals surface area contributed by atoms with E-state index in [1.165, 1.54) is 4.31 Å². The molecule has 1 N–H and O–H groups in total. The molecule has 0 radical (unpaired) electrons. The number of anilines is 2. The third-order valence-corrected chi connectivity index (χ3v) is 5.99. The van der Waals surface area contributed by atoms with E-state index in [0.29, 0.717) is 34.9 Å². The van der Waals surface area contributed by atoms with E-state index in [4.69, 9.17) is 11.6 Å². The van der Waals surface area contributed by atoms with Crippen LogP contribution in [0.2, 0.25) is 5.02 Å². The van der Waals surface area contributed by atoms with Gasteiger partial charge >= 0.3 is 0 Å². The van der Waals surface area contributed by atoms with Crippen LogP contribution in [0.1, 0.15) is 23.2 Å². The van der Waals surface area contributed by atoms with E-state index in [1.807, 2.05) is 0 Å². The summed E-state index contributed by atoms with van der Waals surface area (Å²) in [5, 5.41) is 3.37. The van der Waals surface area contributed by atoms with Gasteiger partial charge in [-0.05, 0) is 61.4 Å². The number of benzene rings is 2. The van der Waals surface area contributed by atoms with Crippen LogP contribution >= 0.6 is 11.6 Å². The molecule has 2 aromatic rings. The lowest BCUT2D eigenvalue weighted by atomic mass is 10.2. The van der Waals surface area contributed by atoms with Crippen molar-refractivity contribution in [3.8, 4) is 0 Å². The van der Waals surface area contributed by atoms with Crippen LogP contribution < -0.4 is 9.62 Å². The first-order valence-corrected chi connectivity index (χ1v) is 9.62. The smallest absolute Gasteiger partial charge is 0.255 e. The van der Waals surface area contributed by atoms with Gasteiger partial charge in [0.2, 0.25) is 10.0 Å². The number of hydrogen-bond donors (Lipinski definition) is 1. The maximum Gasteiger partial charge on any atom is 0.255 e. The molecule has 1 heterocycles. The fraction of sp³-hybridized carbons (Fsp3) is 0.235. The molecule has 0 bridgehead atoms. The molecule has 0 unspecified atom stereocenters. The minimum atomic E-state index is -3.24. The summed E-state index contributed by atoms with van der Waals surface area (Å²) in [6.45, 7) is 0.485. The van der Waals surface area contributed by atoms with Gasteiger partial charge in [0.05, 0.1) is 11.4 Å². The lowest BCUT2D eigenvalue weighted by molar-refractivity contribution is 0.102. The van der Waals surface area contributed by atoms with Gasteiger partial charge in [-0.1, -0.05) is 11.6 Å². The predicted octanol–water partition coefficient (Wildman–Crippen LogP) is 3.52. The van der Waals surface area contributed by atoms with Gasteiger partial charge in [0, 0.05) is 22.8 Å². The minimum absolute atomic E-state index is 0.172. The second-order valence-corrected chi connectivity index (χ2v) is 8.05. The van der Waals surface area contributed by atoms with Gasteiger partial charge < -0.3 is 5.32 Å². The molecule has 24 heavy (non-hydrogen) atoms. The van der Waals surface area contributed by atoms with E-state index >= 15 is 0 Å². The van der Waals surface area contributed by atoms with Crippen molar-refractivity contribution in [2.75, 3.05) is 21.9 Å². The average Bonchev–Trinajstić information content (AvgIpc) is 2.57. The van der Waals surface area contributed by atoms with Crippen molar-refractivity contribution in [3.05, 3.63) is 59.1 Å². The standard InChI is InChI=1S/C17H17ClN2O3S/c18-14-5-7-15(8-6-14)19-17(21)13-3-9-16(10-4-13)20-11-1-2-12-24(20,22)23/h3-10H,1-2,11-12H2,(H,19,21). The Morgan fingerprint density at radius 2 is 1.67 bits per heavy atom. The zero-order valence-electron chi connectivity index (χ0n) is 12.9. The second kappa shape index (κ2) is 6.83. The quantitative estimate of drug-likeness (QED) is 0.906. The zero-order chi connectivity index (χ0) is 17.2. The SMILES string of the molecule is O=C(Nc1ccc(Cl)cc1)c1ccc(N2CCCCS2(=O)=O)cc1. The van der Waals surface area contributed by atoms with Crippen LogP contribution in [0.15, 0.2) is 48.5 Å². The van der Waals surface area contributed by atoms with Crippen LogP contribution in [0.5, 0.6) is 0 Å². The van der Waals surface area contributed by atoms with Crippen molar-refractivity contribution in [1.82, 2.24) is 0 Å². The second-order valence-electron chi connectivity index (χ2n) is 5.60. The van der Waals surface area contributed by atoms with Crippen molar-refractivity contribution >= 4 is 38.9 Å². The highest BCUT2D eigenvalue weighted by Crippen LogP contribution is 2.24. The van der Waals surface area contributed by atoms with Crippen molar-refractivity contribution in [2.24, 2.45) is 0 Å². The molecule has 1 aliphatic rings. The molecular formula is C17H17ClN2O3S. The van der Waals surface area contributed by atoms with Crippen molar-refractivity contribution in [2.45, 2.75) is 12.8 Å². The fourth-order valence-electron chi connectivity index (χ4n) is 2.59. The van der Waals surface area contributed by atoms with E-state index in [9.17, 15) is 13.2 Å². The van der Waals surface area contributed by atoms with Crippen molar-refractivity contribution < 1.29 is 13.2 Å². The Labute approximate surface area is 146 Å². The van der Waals surface area contributed by atoms with Gasteiger partial charge in [0.25, 0.3) is 5.91 Å². The summed E-state index contributed by atoms with van der Waals surface area (Å²) in [4.78, 5) is 12.2. The van der Waals surface area contributed by atoms with Crippen LogP contribution in [0.25, 0.3) is 0 Å². The van der Waals surface area contributed by atoms with Gasteiger partial charge in [0.1, 0.15) is 0 Å². The number of sulfonamides is 1. The van der Waals surface area contributed by atoms with Crippen LogP contribution in [0.4, 0.5) is 11.4 Å². The largest absolute Gasteiger partial charge is 0.322 e. The van der Waals surface area contributed by atoms with Gasteiger partial charge in [-0.2, -0.15) is 0 Å². The Morgan fingerprint density at radius 1 is 1.00 bits per heavy atom. The van der Waals surface area contributed by atoms with Gasteiger partial charge in [-0.15, -0.1) is 0 Å². The monoisotopic (exact) mass is 364 g/mol. The summed E-state index contributed by atoms with van der Waals surface area (Å²) in [6, 6.07) is 13.4. The van der Waals surface area contributed by atoms with Crippen molar-refractivity contribution in [1.29, 1.82) is 0 Å². The van der Waals surface area contributed by atoms with Gasteiger partial charge in [0.15, 0.2) is 0 Å². The Balaban J connectivity index is 1.74. The molecule has 126 valence electrons. The Kier molecular flexibility index (Phi) is 4.78. The molecule has 1 aliphatic heterocycles. The molecule has 0 aromatic heterocycles. The molecule has 0 aliphatic carbocycles. The zero-order valence-corrected chi connectivity index (χ0v) is 14.5. The molecular weight excluding hydrogens is 348 g/mol. The topological polar surface area (TPSA) is 66.5 Å². The number of amides is 1. The third kappa shape index (κ3) is 3.71. The number of carbonyl (C=O) groups is 1. The Bertz CT molecular complexity index is 833. The highest BCUT2D eigenvalue weighted by atomic mass is 35.5. The third-order valence-electron chi connectivity index (χ3n) is 3.87. The van der Waals surface area contributed by atoms with E-state index in [1.54, 1.807) is 48.5 Å². The molecule has 1 saturated heterocycles. The molecule has 2 aromatic carbocycles. The number of nitrogens with one attached hydrogen (secondary N) is 1. The molecule has 0 saturated carbocycles. The molecule has 1 fully saturated rings. The van der Waals surface area contributed by atoms with E-state index in [0.717, 1.165) is 6.42 Å². The molecule has 0 spiro atoms. The normalized spacial score (nSPS) is 16.6. The maximum atomic E-state index is 12.2.